The molecule has 2 amide bonds. The van der Waals surface area contributed by atoms with Crippen molar-refractivity contribution in [3.63, 3.8) is 0 Å². The van der Waals surface area contributed by atoms with Gasteiger partial charge < -0.3 is 15.4 Å². The summed E-state index contributed by atoms with van der Waals surface area (Å²) in [4.78, 5) is 23.9. The van der Waals surface area contributed by atoms with Gasteiger partial charge in [0.15, 0.2) is 0 Å². The van der Waals surface area contributed by atoms with Gasteiger partial charge in [-0.05, 0) is 39.5 Å². The number of anilines is 1. The van der Waals surface area contributed by atoms with Gasteiger partial charge in [-0.15, -0.1) is 0 Å². The van der Waals surface area contributed by atoms with Crippen molar-refractivity contribution in [2.75, 3.05) is 5.32 Å². The van der Waals surface area contributed by atoms with E-state index in [0.29, 0.717) is 12.1 Å². The molecule has 21 heavy (non-hydrogen) atoms. The van der Waals surface area contributed by atoms with Crippen molar-refractivity contribution in [1.29, 1.82) is 0 Å². The van der Waals surface area contributed by atoms with E-state index in [1.165, 1.54) is 0 Å². The Labute approximate surface area is 122 Å². The molecular formula is C14H20N4O3. The van der Waals surface area contributed by atoms with E-state index in [4.69, 9.17) is 4.74 Å². The molecule has 3 N–H and O–H groups in total. The SMILES string of the molecule is CC(C)(C)OC(=O)N[C@@H]1C[C@]2(C(=O)Nc3cn[nH]c3)C[C@H]12. The van der Waals surface area contributed by atoms with Gasteiger partial charge in [0.25, 0.3) is 0 Å². The Morgan fingerprint density at radius 3 is 2.76 bits per heavy atom. The van der Waals surface area contributed by atoms with Crippen molar-refractivity contribution in [2.45, 2.75) is 45.3 Å². The highest BCUT2D eigenvalue weighted by atomic mass is 16.6. The lowest BCUT2D eigenvalue weighted by Gasteiger charge is -2.34. The van der Waals surface area contributed by atoms with E-state index < -0.39 is 11.7 Å². The van der Waals surface area contributed by atoms with Gasteiger partial charge in [0, 0.05) is 12.2 Å². The first-order chi connectivity index (χ1) is 9.80. The summed E-state index contributed by atoms with van der Waals surface area (Å²) in [7, 11) is 0. The molecule has 3 rings (SSSR count). The summed E-state index contributed by atoms with van der Waals surface area (Å²) in [5.74, 6) is 0.230. The van der Waals surface area contributed by atoms with Crippen LogP contribution in [0, 0.1) is 11.3 Å². The molecule has 1 aromatic rings. The van der Waals surface area contributed by atoms with Crippen molar-refractivity contribution in [3.05, 3.63) is 12.4 Å². The fourth-order valence-electron chi connectivity index (χ4n) is 3.01. The van der Waals surface area contributed by atoms with Crippen LogP contribution in [-0.4, -0.2) is 33.8 Å². The van der Waals surface area contributed by atoms with Crippen LogP contribution in [-0.2, 0) is 9.53 Å². The van der Waals surface area contributed by atoms with Gasteiger partial charge in [-0.1, -0.05) is 0 Å². The van der Waals surface area contributed by atoms with Gasteiger partial charge >= 0.3 is 6.09 Å². The normalized spacial score (nSPS) is 29.9. The first-order valence-electron chi connectivity index (χ1n) is 7.10. The average molecular weight is 292 g/mol. The minimum Gasteiger partial charge on any atom is -0.444 e. The van der Waals surface area contributed by atoms with E-state index in [0.717, 1.165) is 6.42 Å². The number of ether oxygens (including phenoxy) is 1. The highest BCUT2D eigenvalue weighted by Gasteiger charge is 2.72. The highest BCUT2D eigenvalue weighted by molar-refractivity contribution is 5.98. The molecule has 0 radical (unpaired) electrons. The van der Waals surface area contributed by atoms with E-state index >= 15 is 0 Å². The lowest BCUT2D eigenvalue weighted by Crippen LogP contribution is -2.50. The molecule has 0 bridgehead atoms. The van der Waals surface area contributed by atoms with Crippen LogP contribution in [0.1, 0.15) is 33.6 Å². The molecule has 2 fully saturated rings. The standard InChI is InChI=1S/C14H20N4O3/c1-13(2,3)21-12(20)18-10-5-14(4-9(10)14)11(19)17-8-6-15-16-7-8/h6-7,9-10H,4-5H2,1-3H3,(H,15,16)(H,17,19)(H,18,20)/t9-,10-,14-/m1/s1. The van der Waals surface area contributed by atoms with E-state index in [9.17, 15) is 9.59 Å². The zero-order chi connectivity index (χ0) is 15.3. The Balaban J connectivity index is 1.49. The number of rotatable bonds is 3. The number of aromatic amines is 1. The number of aromatic nitrogens is 2. The second kappa shape index (κ2) is 4.47. The topological polar surface area (TPSA) is 96.1 Å². The summed E-state index contributed by atoms with van der Waals surface area (Å²) >= 11 is 0. The van der Waals surface area contributed by atoms with Gasteiger partial charge in [-0.2, -0.15) is 5.10 Å². The van der Waals surface area contributed by atoms with Gasteiger partial charge in [0.2, 0.25) is 5.91 Å². The maximum absolute atomic E-state index is 12.2. The molecule has 0 unspecified atom stereocenters. The van der Waals surface area contributed by atoms with E-state index in [1.807, 2.05) is 20.8 Å². The van der Waals surface area contributed by atoms with Crippen molar-refractivity contribution in [1.82, 2.24) is 15.5 Å². The highest BCUT2D eigenvalue weighted by Crippen LogP contribution is 2.67. The first kappa shape index (κ1) is 13.9. The summed E-state index contributed by atoms with van der Waals surface area (Å²) in [6, 6.07) is 0.0370. The summed E-state index contributed by atoms with van der Waals surface area (Å²) in [6.07, 6.45) is 4.28. The fraction of sp³-hybridized carbons (Fsp3) is 0.643. The van der Waals surface area contributed by atoms with E-state index in [2.05, 4.69) is 20.8 Å². The second-order valence-corrected chi connectivity index (χ2v) is 6.86. The molecular weight excluding hydrogens is 272 g/mol. The molecule has 0 aliphatic heterocycles. The Morgan fingerprint density at radius 1 is 1.43 bits per heavy atom. The summed E-state index contributed by atoms with van der Waals surface area (Å²) < 4.78 is 5.23. The minimum absolute atomic E-state index is 0.0103. The van der Waals surface area contributed by atoms with Gasteiger partial charge in [0.1, 0.15) is 5.60 Å². The fourth-order valence-corrected chi connectivity index (χ4v) is 3.01. The smallest absolute Gasteiger partial charge is 0.407 e. The molecule has 2 saturated carbocycles. The Morgan fingerprint density at radius 2 is 2.19 bits per heavy atom. The lowest BCUT2D eigenvalue weighted by atomic mass is 9.79. The Bertz CT molecular complexity index is 563. The molecule has 0 aromatic carbocycles. The summed E-state index contributed by atoms with van der Waals surface area (Å²) in [5.41, 5.74) is -0.145. The molecule has 7 heteroatoms. The summed E-state index contributed by atoms with van der Waals surface area (Å²) in [5, 5.41) is 12.1. The third-order valence-corrected chi connectivity index (χ3v) is 4.11. The Hall–Kier alpha value is -2.05. The average Bonchev–Trinajstić information content (AvgIpc) is 2.68. The summed E-state index contributed by atoms with van der Waals surface area (Å²) in [6.45, 7) is 5.48. The van der Waals surface area contributed by atoms with Gasteiger partial charge in [-0.3, -0.25) is 9.89 Å². The number of amides is 2. The molecule has 1 aromatic heterocycles. The molecule has 2 aliphatic rings. The quantitative estimate of drug-likeness (QED) is 0.789. The second-order valence-electron chi connectivity index (χ2n) is 6.86. The Kier molecular flexibility index (Phi) is 2.96. The maximum atomic E-state index is 12.2. The molecule has 0 saturated heterocycles. The number of nitrogens with zero attached hydrogens (tertiary/aromatic N) is 1. The predicted molar refractivity (Wildman–Crippen MR) is 75.5 cm³/mol. The van der Waals surface area contributed by atoms with Gasteiger partial charge in [0.05, 0.1) is 17.3 Å². The number of hydrogen-bond acceptors (Lipinski definition) is 4. The zero-order valence-electron chi connectivity index (χ0n) is 12.4. The van der Waals surface area contributed by atoms with Crippen LogP contribution in [0.5, 0.6) is 0 Å². The lowest BCUT2D eigenvalue weighted by molar-refractivity contribution is -0.124. The molecule has 2 aliphatic carbocycles. The molecule has 3 atom stereocenters. The van der Waals surface area contributed by atoms with Crippen molar-refractivity contribution < 1.29 is 14.3 Å². The molecule has 114 valence electrons. The van der Waals surface area contributed by atoms with Crippen LogP contribution in [0.3, 0.4) is 0 Å². The van der Waals surface area contributed by atoms with Gasteiger partial charge in [-0.25, -0.2) is 4.79 Å². The predicted octanol–water partition coefficient (Wildman–Crippen LogP) is 1.65. The number of hydrogen-bond donors (Lipinski definition) is 3. The third kappa shape index (κ3) is 2.59. The number of carbonyl (C=O) groups is 2. The van der Waals surface area contributed by atoms with Crippen LogP contribution in [0.25, 0.3) is 0 Å². The van der Waals surface area contributed by atoms with Crippen molar-refractivity contribution in [2.24, 2.45) is 11.3 Å². The van der Waals surface area contributed by atoms with Crippen LogP contribution >= 0.6 is 0 Å². The molecule has 1 heterocycles. The number of fused-ring (bicyclic) bond motifs is 1. The van der Waals surface area contributed by atoms with Crippen LogP contribution in [0.4, 0.5) is 10.5 Å². The van der Waals surface area contributed by atoms with E-state index in [1.54, 1.807) is 12.4 Å². The number of alkyl carbamates (subject to hydrolysis) is 1. The third-order valence-electron chi connectivity index (χ3n) is 4.11. The van der Waals surface area contributed by atoms with E-state index in [-0.39, 0.29) is 23.3 Å². The van der Waals surface area contributed by atoms with Crippen LogP contribution in [0.15, 0.2) is 12.4 Å². The molecule has 7 nitrogen and oxygen atoms in total. The first-order valence-corrected chi connectivity index (χ1v) is 7.10. The number of carbonyl (C=O) groups excluding carboxylic acids is 2. The largest absolute Gasteiger partial charge is 0.444 e. The minimum atomic E-state index is -0.507. The van der Waals surface area contributed by atoms with Crippen LogP contribution in [0.2, 0.25) is 0 Å². The molecule has 0 spiro atoms. The van der Waals surface area contributed by atoms with Crippen LogP contribution < -0.4 is 10.6 Å². The number of H-pyrrole nitrogens is 1. The maximum Gasteiger partial charge on any atom is 0.407 e. The zero-order valence-corrected chi connectivity index (χ0v) is 12.4. The number of nitrogens with one attached hydrogen (secondary N) is 3. The van der Waals surface area contributed by atoms with Crippen molar-refractivity contribution >= 4 is 17.7 Å². The van der Waals surface area contributed by atoms with Crippen molar-refractivity contribution in [3.8, 4) is 0 Å². The monoisotopic (exact) mass is 292 g/mol.